The van der Waals surface area contributed by atoms with Gasteiger partial charge in [0.2, 0.25) is 5.91 Å². The fourth-order valence-corrected chi connectivity index (χ4v) is 3.92. The Bertz CT molecular complexity index is 1060. The van der Waals surface area contributed by atoms with Gasteiger partial charge in [-0.25, -0.2) is 0 Å². The van der Waals surface area contributed by atoms with Gasteiger partial charge in [-0.15, -0.1) is 10.2 Å². The van der Waals surface area contributed by atoms with Crippen molar-refractivity contribution in [3.63, 3.8) is 0 Å². The molecule has 0 saturated heterocycles. The van der Waals surface area contributed by atoms with Crippen LogP contribution in [0.15, 0.2) is 52.1 Å². The second-order valence-electron chi connectivity index (χ2n) is 5.82. The summed E-state index contributed by atoms with van der Waals surface area (Å²) in [4.78, 5) is 22.6. The number of thioether (sulfide) groups is 1. The summed E-state index contributed by atoms with van der Waals surface area (Å²) in [6.45, 7) is 2.61. The van der Waals surface area contributed by atoms with Crippen LogP contribution in [0.5, 0.6) is 0 Å². The molecule has 0 spiro atoms. The number of halogens is 2. The molecular formula is C18H15BrClN5O3S. The Morgan fingerprint density at radius 3 is 2.62 bits per heavy atom. The fraction of sp³-hybridized carbons (Fsp3) is 0.167. The predicted molar refractivity (Wildman–Crippen MR) is 116 cm³/mol. The standard InChI is InChI=1S/C18H15BrClN5O3S/c1-2-24-17(11-3-5-12(20)6-4-11)22-23-18(24)29-10-16(26)21-15-8-7-13(25(27)28)9-14(15)19/h3-9H,2,10H2,1H3,(H,21,26). The maximum Gasteiger partial charge on any atom is 0.270 e. The summed E-state index contributed by atoms with van der Waals surface area (Å²) in [6.07, 6.45) is 0. The van der Waals surface area contributed by atoms with Crippen molar-refractivity contribution in [2.24, 2.45) is 0 Å². The maximum absolute atomic E-state index is 12.3. The van der Waals surface area contributed by atoms with Gasteiger partial charge in [0.05, 0.1) is 16.4 Å². The number of aromatic nitrogens is 3. The Morgan fingerprint density at radius 1 is 1.28 bits per heavy atom. The largest absolute Gasteiger partial charge is 0.324 e. The molecule has 3 rings (SSSR count). The van der Waals surface area contributed by atoms with Crippen molar-refractivity contribution in [1.82, 2.24) is 14.8 Å². The van der Waals surface area contributed by atoms with Crippen LogP contribution in [0.3, 0.4) is 0 Å². The minimum Gasteiger partial charge on any atom is -0.324 e. The average Bonchev–Trinajstić information content (AvgIpc) is 3.11. The zero-order valence-electron chi connectivity index (χ0n) is 15.1. The summed E-state index contributed by atoms with van der Waals surface area (Å²) in [5, 5.41) is 23.2. The molecular weight excluding hydrogens is 482 g/mol. The molecule has 0 unspecified atom stereocenters. The lowest BCUT2D eigenvalue weighted by Crippen LogP contribution is -2.15. The number of nitrogens with zero attached hydrogens (tertiary/aromatic N) is 4. The zero-order chi connectivity index (χ0) is 21.0. The highest BCUT2D eigenvalue weighted by Crippen LogP contribution is 2.28. The lowest BCUT2D eigenvalue weighted by Gasteiger charge is -2.09. The van der Waals surface area contributed by atoms with Crippen LogP contribution in [0.1, 0.15) is 6.92 Å². The van der Waals surface area contributed by atoms with Crippen LogP contribution < -0.4 is 5.32 Å². The lowest BCUT2D eigenvalue weighted by atomic mass is 10.2. The number of carbonyl (C=O) groups excluding carboxylic acids is 1. The van der Waals surface area contributed by atoms with Gasteiger partial charge in [-0.2, -0.15) is 0 Å². The maximum atomic E-state index is 12.3. The van der Waals surface area contributed by atoms with Crippen LogP contribution in [0.25, 0.3) is 11.4 Å². The zero-order valence-corrected chi connectivity index (χ0v) is 18.3. The minimum absolute atomic E-state index is 0.0602. The average molecular weight is 497 g/mol. The van der Waals surface area contributed by atoms with Crippen molar-refractivity contribution in [3.8, 4) is 11.4 Å². The molecule has 1 amide bonds. The summed E-state index contributed by atoms with van der Waals surface area (Å²) >= 11 is 10.4. The van der Waals surface area contributed by atoms with Gasteiger partial charge in [0.1, 0.15) is 0 Å². The summed E-state index contributed by atoms with van der Waals surface area (Å²) in [7, 11) is 0. The van der Waals surface area contributed by atoms with Gasteiger partial charge < -0.3 is 9.88 Å². The molecule has 0 saturated carbocycles. The Hall–Kier alpha value is -2.43. The Labute approximate surface area is 183 Å². The van der Waals surface area contributed by atoms with Crippen LogP contribution in [0, 0.1) is 10.1 Å². The molecule has 3 aromatic rings. The molecule has 1 heterocycles. The first-order chi connectivity index (χ1) is 13.9. The summed E-state index contributed by atoms with van der Waals surface area (Å²) in [6, 6.07) is 11.5. The third kappa shape index (κ3) is 5.14. The van der Waals surface area contributed by atoms with Crippen molar-refractivity contribution in [2.45, 2.75) is 18.6 Å². The van der Waals surface area contributed by atoms with E-state index in [1.54, 1.807) is 12.1 Å². The molecule has 29 heavy (non-hydrogen) atoms. The van der Waals surface area contributed by atoms with Crippen molar-refractivity contribution in [2.75, 3.05) is 11.1 Å². The molecule has 11 heteroatoms. The number of nitrogens with one attached hydrogen (secondary N) is 1. The van der Waals surface area contributed by atoms with E-state index < -0.39 is 4.92 Å². The summed E-state index contributed by atoms with van der Waals surface area (Å²) in [5.41, 5.74) is 1.28. The van der Waals surface area contributed by atoms with Crippen molar-refractivity contribution in [1.29, 1.82) is 0 Å². The van der Waals surface area contributed by atoms with Crippen molar-refractivity contribution >= 4 is 56.6 Å². The van der Waals surface area contributed by atoms with Crippen LogP contribution in [0.2, 0.25) is 5.02 Å². The van der Waals surface area contributed by atoms with E-state index in [1.165, 1.54) is 30.0 Å². The highest BCUT2D eigenvalue weighted by Gasteiger charge is 2.16. The van der Waals surface area contributed by atoms with E-state index in [-0.39, 0.29) is 17.3 Å². The first-order valence-electron chi connectivity index (χ1n) is 8.44. The molecule has 0 atom stereocenters. The van der Waals surface area contributed by atoms with E-state index in [2.05, 4.69) is 31.4 Å². The highest BCUT2D eigenvalue weighted by atomic mass is 79.9. The number of amides is 1. The van der Waals surface area contributed by atoms with Gasteiger partial charge in [0.25, 0.3) is 5.69 Å². The molecule has 0 aliphatic carbocycles. The van der Waals surface area contributed by atoms with Crippen LogP contribution >= 0.6 is 39.3 Å². The number of anilines is 1. The van der Waals surface area contributed by atoms with Gasteiger partial charge in [0.15, 0.2) is 11.0 Å². The molecule has 8 nitrogen and oxygen atoms in total. The number of benzene rings is 2. The van der Waals surface area contributed by atoms with E-state index in [9.17, 15) is 14.9 Å². The van der Waals surface area contributed by atoms with E-state index in [1.807, 2.05) is 23.6 Å². The first-order valence-corrected chi connectivity index (χ1v) is 10.6. The molecule has 0 fully saturated rings. The number of carbonyl (C=O) groups is 1. The Kier molecular flexibility index (Phi) is 6.88. The third-order valence-electron chi connectivity index (χ3n) is 3.91. The minimum atomic E-state index is -0.498. The quantitative estimate of drug-likeness (QED) is 0.280. The third-order valence-corrected chi connectivity index (χ3v) is 5.78. The van der Waals surface area contributed by atoms with Crippen molar-refractivity contribution < 1.29 is 9.72 Å². The monoisotopic (exact) mass is 495 g/mol. The predicted octanol–water partition coefficient (Wildman–Crippen LogP) is 5.02. The number of hydrogen-bond acceptors (Lipinski definition) is 6. The molecule has 1 N–H and O–H groups in total. The normalized spacial score (nSPS) is 10.7. The number of nitro benzene ring substituents is 1. The smallest absolute Gasteiger partial charge is 0.270 e. The van der Waals surface area contributed by atoms with Gasteiger partial charge in [-0.05, 0) is 53.2 Å². The lowest BCUT2D eigenvalue weighted by molar-refractivity contribution is -0.384. The molecule has 0 aliphatic rings. The summed E-state index contributed by atoms with van der Waals surface area (Å²) < 4.78 is 2.36. The SMILES string of the molecule is CCn1c(SCC(=O)Nc2ccc([N+](=O)[O-])cc2Br)nnc1-c1ccc(Cl)cc1. The van der Waals surface area contributed by atoms with Gasteiger partial charge in [0, 0.05) is 33.7 Å². The second kappa shape index (κ2) is 9.38. The number of non-ortho nitro benzene ring substituents is 1. The second-order valence-corrected chi connectivity index (χ2v) is 8.05. The topological polar surface area (TPSA) is 103 Å². The Balaban J connectivity index is 1.68. The van der Waals surface area contributed by atoms with Crippen LogP contribution in [-0.2, 0) is 11.3 Å². The fourth-order valence-electron chi connectivity index (χ4n) is 2.53. The Morgan fingerprint density at radius 2 is 2.00 bits per heavy atom. The van der Waals surface area contributed by atoms with E-state index in [0.717, 1.165) is 5.56 Å². The van der Waals surface area contributed by atoms with Gasteiger partial charge >= 0.3 is 0 Å². The molecule has 2 aromatic carbocycles. The number of hydrogen-bond donors (Lipinski definition) is 1. The number of nitro groups is 1. The van der Waals surface area contributed by atoms with E-state index in [4.69, 9.17) is 11.6 Å². The van der Waals surface area contributed by atoms with Gasteiger partial charge in [-0.1, -0.05) is 23.4 Å². The van der Waals surface area contributed by atoms with Gasteiger partial charge in [-0.3, -0.25) is 14.9 Å². The van der Waals surface area contributed by atoms with Crippen LogP contribution in [0.4, 0.5) is 11.4 Å². The molecule has 0 radical (unpaired) electrons. The number of rotatable bonds is 7. The van der Waals surface area contributed by atoms with E-state index in [0.29, 0.717) is 32.7 Å². The molecule has 150 valence electrons. The molecule has 1 aromatic heterocycles. The molecule has 0 bridgehead atoms. The van der Waals surface area contributed by atoms with E-state index >= 15 is 0 Å². The first kappa shape index (κ1) is 21.3. The van der Waals surface area contributed by atoms with Crippen LogP contribution in [-0.4, -0.2) is 31.3 Å². The summed E-state index contributed by atoms with van der Waals surface area (Å²) in [5.74, 6) is 0.552. The molecule has 0 aliphatic heterocycles. The van der Waals surface area contributed by atoms with Crippen molar-refractivity contribution in [3.05, 3.63) is 62.1 Å². The highest BCUT2D eigenvalue weighted by molar-refractivity contribution is 9.10.